The summed E-state index contributed by atoms with van der Waals surface area (Å²) in [5.74, 6) is -0.469. The number of carboxylic acid groups (broad SMARTS) is 1. The van der Waals surface area contributed by atoms with Crippen molar-refractivity contribution in [2.75, 3.05) is 0 Å². The van der Waals surface area contributed by atoms with Crippen molar-refractivity contribution in [1.82, 2.24) is 4.98 Å². The Morgan fingerprint density at radius 3 is 2.65 bits per heavy atom. The van der Waals surface area contributed by atoms with Gasteiger partial charge in [0.25, 0.3) is 0 Å². The van der Waals surface area contributed by atoms with Crippen LogP contribution < -0.4 is 0 Å². The van der Waals surface area contributed by atoms with Crippen molar-refractivity contribution in [3.63, 3.8) is 0 Å². The third-order valence-electron chi connectivity index (χ3n) is 2.95. The van der Waals surface area contributed by atoms with Gasteiger partial charge < -0.3 is 5.11 Å². The first-order valence-electron chi connectivity index (χ1n) is 6.13. The fourth-order valence-electron chi connectivity index (χ4n) is 1.67. The number of halogens is 1. The van der Waals surface area contributed by atoms with Gasteiger partial charge in [0, 0.05) is 16.4 Å². The van der Waals surface area contributed by atoms with Crippen molar-refractivity contribution < 1.29 is 9.90 Å². The predicted molar refractivity (Wildman–Crippen MR) is 84.0 cm³/mol. The molecule has 2 rings (SSSR count). The van der Waals surface area contributed by atoms with Crippen LogP contribution >= 0.6 is 27.7 Å². The van der Waals surface area contributed by atoms with Crippen molar-refractivity contribution in [1.29, 1.82) is 0 Å². The molecule has 104 valence electrons. The zero-order valence-corrected chi connectivity index (χ0v) is 13.3. The molecule has 1 aromatic heterocycles. The second-order valence-corrected chi connectivity index (χ2v) is 6.20. The van der Waals surface area contributed by atoms with E-state index >= 15 is 0 Å². The van der Waals surface area contributed by atoms with E-state index in [1.54, 1.807) is 24.9 Å². The molecule has 3 nitrogen and oxygen atoms in total. The van der Waals surface area contributed by atoms with Crippen LogP contribution in [0.4, 0.5) is 0 Å². The Labute approximate surface area is 130 Å². The first-order chi connectivity index (χ1) is 9.58. The Balaban J connectivity index is 2.01. The average Bonchev–Trinajstić information content (AvgIpc) is 2.46. The van der Waals surface area contributed by atoms with E-state index in [-0.39, 0.29) is 0 Å². The lowest BCUT2D eigenvalue weighted by atomic mass is 10.0. The molecule has 5 heteroatoms. The number of carboxylic acids is 1. The van der Waals surface area contributed by atoms with Crippen molar-refractivity contribution >= 4 is 33.7 Å². The van der Waals surface area contributed by atoms with Gasteiger partial charge in [-0.15, -0.1) is 11.8 Å². The van der Waals surface area contributed by atoms with Gasteiger partial charge in [-0.3, -0.25) is 4.79 Å². The van der Waals surface area contributed by atoms with Crippen molar-refractivity contribution in [2.45, 2.75) is 23.6 Å². The number of carbonyl (C=O) groups is 1. The maximum atomic E-state index is 10.9. The van der Waals surface area contributed by atoms with Crippen LogP contribution in [0, 0.1) is 0 Å². The van der Waals surface area contributed by atoms with Gasteiger partial charge >= 0.3 is 5.97 Å². The minimum absolute atomic E-state index is 0.471. The Bertz CT molecular complexity index is 601. The fraction of sp³-hybridized carbons (Fsp3) is 0.200. The van der Waals surface area contributed by atoms with E-state index in [1.807, 2.05) is 36.4 Å². The van der Waals surface area contributed by atoms with Crippen LogP contribution in [-0.4, -0.2) is 16.1 Å². The second-order valence-electron chi connectivity index (χ2n) is 4.38. The van der Waals surface area contributed by atoms with Gasteiger partial charge in [-0.2, -0.15) is 0 Å². The van der Waals surface area contributed by atoms with E-state index in [0.717, 1.165) is 26.4 Å². The van der Waals surface area contributed by atoms with Crippen LogP contribution in [0.2, 0.25) is 0 Å². The minimum atomic E-state index is -0.801. The highest BCUT2D eigenvalue weighted by Crippen LogP contribution is 2.28. The van der Waals surface area contributed by atoms with Crippen molar-refractivity contribution in [3.05, 3.63) is 58.2 Å². The lowest BCUT2D eigenvalue weighted by Crippen LogP contribution is -2.07. The molecule has 1 aromatic carbocycles. The van der Waals surface area contributed by atoms with E-state index in [0.29, 0.717) is 0 Å². The molecule has 1 atom stereocenters. The monoisotopic (exact) mass is 351 g/mol. The van der Waals surface area contributed by atoms with Crippen LogP contribution in [0.25, 0.3) is 0 Å². The molecular formula is C15H14BrNO2S. The molecule has 0 aliphatic rings. The number of hydrogen-bond donors (Lipinski definition) is 1. The SMILES string of the molecule is CC(C(=O)O)c1ccc(CSc2ncccc2Br)cc1. The summed E-state index contributed by atoms with van der Waals surface area (Å²) < 4.78 is 0.987. The Morgan fingerprint density at radius 1 is 1.35 bits per heavy atom. The van der Waals surface area contributed by atoms with Gasteiger partial charge in [-0.25, -0.2) is 4.98 Å². The van der Waals surface area contributed by atoms with Gasteiger partial charge in [-0.05, 0) is 46.1 Å². The van der Waals surface area contributed by atoms with E-state index in [9.17, 15) is 4.79 Å². The number of hydrogen-bond acceptors (Lipinski definition) is 3. The number of rotatable bonds is 5. The van der Waals surface area contributed by atoms with Crippen LogP contribution in [0.15, 0.2) is 52.1 Å². The van der Waals surface area contributed by atoms with Gasteiger partial charge in [0.15, 0.2) is 0 Å². The van der Waals surface area contributed by atoms with Crippen molar-refractivity contribution in [3.8, 4) is 0 Å². The highest BCUT2D eigenvalue weighted by Gasteiger charge is 2.13. The maximum absolute atomic E-state index is 10.9. The summed E-state index contributed by atoms with van der Waals surface area (Å²) in [6, 6.07) is 11.5. The topological polar surface area (TPSA) is 50.2 Å². The van der Waals surface area contributed by atoms with Crippen LogP contribution in [0.3, 0.4) is 0 Å². The summed E-state index contributed by atoms with van der Waals surface area (Å²) in [5, 5.41) is 9.92. The first kappa shape index (κ1) is 15.1. The summed E-state index contributed by atoms with van der Waals surface area (Å²) in [5.41, 5.74) is 1.97. The highest BCUT2D eigenvalue weighted by molar-refractivity contribution is 9.10. The van der Waals surface area contributed by atoms with Gasteiger partial charge in [-0.1, -0.05) is 24.3 Å². The summed E-state index contributed by atoms with van der Waals surface area (Å²) >= 11 is 5.11. The first-order valence-corrected chi connectivity index (χ1v) is 7.90. The van der Waals surface area contributed by atoms with Gasteiger partial charge in [0.1, 0.15) is 5.03 Å². The van der Waals surface area contributed by atoms with Crippen LogP contribution in [-0.2, 0) is 10.5 Å². The van der Waals surface area contributed by atoms with E-state index < -0.39 is 11.9 Å². The Hall–Kier alpha value is -1.33. The molecule has 1 heterocycles. The third-order valence-corrected chi connectivity index (χ3v) is 4.93. The maximum Gasteiger partial charge on any atom is 0.310 e. The minimum Gasteiger partial charge on any atom is -0.481 e. The van der Waals surface area contributed by atoms with E-state index in [4.69, 9.17) is 5.11 Å². The number of thioether (sulfide) groups is 1. The lowest BCUT2D eigenvalue weighted by Gasteiger charge is -2.08. The van der Waals surface area contributed by atoms with E-state index in [1.165, 1.54) is 0 Å². The Morgan fingerprint density at radius 2 is 2.05 bits per heavy atom. The van der Waals surface area contributed by atoms with Crippen molar-refractivity contribution in [2.24, 2.45) is 0 Å². The molecule has 1 N–H and O–H groups in total. The molecule has 0 spiro atoms. The standard InChI is InChI=1S/C15H14BrNO2S/c1-10(15(18)19)12-6-4-11(5-7-12)9-20-14-13(16)3-2-8-17-14/h2-8,10H,9H2,1H3,(H,18,19). The lowest BCUT2D eigenvalue weighted by molar-refractivity contribution is -0.138. The highest BCUT2D eigenvalue weighted by atomic mass is 79.9. The molecule has 2 aromatic rings. The zero-order valence-electron chi connectivity index (χ0n) is 10.9. The number of nitrogens with zero attached hydrogens (tertiary/aromatic N) is 1. The molecule has 0 aliphatic heterocycles. The second kappa shape index (κ2) is 6.90. The van der Waals surface area contributed by atoms with Crippen LogP contribution in [0.5, 0.6) is 0 Å². The molecule has 20 heavy (non-hydrogen) atoms. The molecule has 0 saturated heterocycles. The molecule has 0 bridgehead atoms. The molecule has 1 unspecified atom stereocenters. The number of aliphatic carboxylic acids is 1. The number of pyridine rings is 1. The van der Waals surface area contributed by atoms with E-state index in [2.05, 4.69) is 20.9 Å². The number of aromatic nitrogens is 1. The molecule has 0 amide bonds. The fourth-order valence-corrected chi connectivity index (χ4v) is 3.11. The summed E-state index contributed by atoms with van der Waals surface area (Å²) in [6.45, 7) is 1.69. The summed E-state index contributed by atoms with van der Waals surface area (Å²) in [7, 11) is 0. The summed E-state index contributed by atoms with van der Waals surface area (Å²) in [6.07, 6.45) is 1.77. The number of benzene rings is 1. The Kier molecular flexibility index (Phi) is 5.20. The quantitative estimate of drug-likeness (QED) is 0.814. The predicted octanol–water partition coefficient (Wildman–Crippen LogP) is 4.32. The van der Waals surface area contributed by atoms with Gasteiger partial charge in [0.2, 0.25) is 0 Å². The molecule has 0 fully saturated rings. The molecule has 0 saturated carbocycles. The van der Waals surface area contributed by atoms with Crippen LogP contribution in [0.1, 0.15) is 24.0 Å². The third kappa shape index (κ3) is 3.84. The normalized spacial score (nSPS) is 12.1. The average molecular weight is 352 g/mol. The molecular weight excluding hydrogens is 338 g/mol. The largest absolute Gasteiger partial charge is 0.481 e. The molecule has 0 aliphatic carbocycles. The summed E-state index contributed by atoms with van der Waals surface area (Å²) in [4.78, 5) is 15.2. The smallest absolute Gasteiger partial charge is 0.310 e. The van der Waals surface area contributed by atoms with Gasteiger partial charge in [0.05, 0.1) is 5.92 Å². The molecule has 0 radical (unpaired) electrons. The zero-order chi connectivity index (χ0) is 14.5.